The lowest BCUT2D eigenvalue weighted by atomic mass is 10.0. The van der Waals surface area contributed by atoms with Crippen LogP contribution in [0.4, 0.5) is 24.5 Å². The molecule has 5 nitrogen and oxygen atoms in total. The first-order valence-corrected chi connectivity index (χ1v) is 11.0. The highest BCUT2D eigenvalue weighted by atomic mass is 35.5. The lowest BCUT2D eigenvalue weighted by molar-refractivity contribution is 0.146. The molecule has 1 aliphatic heterocycles. The molecule has 0 aliphatic carbocycles. The smallest absolute Gasteiger partial charge is 0.266 e. The second-order valence-corrected chi connectivity index (χ2v) is 8.56. The summed E-state index contributed by atoms with van der Waals surface area (Å²) in [6.45, 7) is 7.31. The largest absolute Gasteiger partial charge is 0.495 e. The number of ether oxygens (including phenoxy) is 1. The fourth-order valence-corrected chi connectivity index (χ4v) is 4.33. The van der Waals surface area contributed by atoms with Crippen LogP contribution in [0.3, 0.4) is 0 Å². The zero-order valence-corrected chi connectivity index (χ0v) is 21.8. The summed E-state index contributed by atoms with van der Waals surface area (Å²) in [5.41, 5.74) is 2.90. The molecule has 1 fully saturated rings. The van der Waals surface area contributed by atoms with Crippen LogP contribution in [0.25, 0.3) is 10.9 Å². The van der Waals surface area contributed by atoms with E-state index in [9.17, 15) is 13.2 Å². The van der Waals surface area contributed by atoms with Gasteiger partial charge in [-0.25, -0.2) is 13.2 Å². The van der Waals surface area contributed by atoms with Crippen molar-refractivity contribution >= 4 is 47.1 Å². The molecule has 1 aromatic heterocycles. The third-order valence-electron chi connectivity index (χ3n) is 6.21. The maximum Gasteiger partial charge on any atom is 0.266 e. The van der Waals surface area contributed by atoms with E-state index < -0.39 is 23.8 Å². The average molecular weight is 531 g/mol. The van der Waals surface area contributed by atoms with Crippen LogP contribution < -0.4 is 15.0 Å². The second kappa shape index (κ2) is 12.0. The summed E-state index contributed by atoms with van der Waals surface area (Å²) in [5, 5.41) is 4.20. The molecule has 0 unspecified atom stereocenters. The molecule has 35 heavy (non-hydrogen) atoms. The zero-order chi connectivity index (χ0) is 23.7. The Balaban J connectivity index is 0.00000216. The molecule has 0 radical (unpaired) electrons. The van der Waals surface area contributed by atoms with Gasteiger partial charge in [0.05, 0.1) is 29.9 Å². The summed E-state index contributed by atoms with van der Waals surface area (Å²) < 4.78 is 46.8. The third kappa shape index (κ3) is 6.05. The van der Waals surface area contributed by atoms with E-state index in [-0.39, 0.29) is 30.4 Å². The lowest BCUT2D eigenvalue weighted by Gasteiger charge is -2.35. The maximum absolute atomic E-state index is 14.7. The van der Waals surface area contributed by atoms with Gasteiger partial charge in [0.2, 0.25) is 0 Å². The van der Waals surface area contributed by atoms with Crippen molar-refractivity contribution in [2.75, 3.05) is 50.6 Å². The SMILES string of the molecule is COc1cc2nc(C)cc(N[C@H](C)c3cccc(C(F)F)c3F)c2cc1N1CCN(C)CC1.Cl.Cl. The summed E-state index contributed by atoms with van der Waals surface area (Å²) in [6, 6.07) is 9.46. The van der Waals surface area contributed by atoms with Crippen molar-refractivity contribution < 1.29 is 17.9 Å². The summed E-state index contributed by atoms with van der Waals surface area (Å²) in [4.78, 5) is 9.23. The Labute approximate surface area is 216 Å². The molecule has 192 valence electrons. The fourth-order valence-electron chi connectivity index (χ4n) is 4.33. The second-order valence-electron chi connectivity index (χ2n) is 8.56. The topological polar surface area (TPSA) is 40.6 Å². The predicted octanol–water partition coefficient (Wildman–Crippen LogP) is 6.40. The van der Waals surface area contributed by atoms with E-state index in [1.807, 2.05) is 25.1 Å². The van der Waals surface area contributed by atoms with Crippen molar-refractivity contribution in [3.8, 4) is 5.75 Å². The monoisotopic (exact) mass is 530 g/mol. The number of nitrogens with one attached hydrogen (secondary N) is 1. The van der Waals surface area contributed by atoms with Gasteiger partial charge in [-0.1, -0.05) is 18.2 Å². The minimum atomic E-state index is -2.86. The third-order valence-corrected chi connectivity index (χ3v) is 6.21. The standard InChI is InChI=1S/C25H29F3N4O.2ClH/c1-15-12-20(30-16(2)17-6-5-7-18(24(17)26)25(27)28)19-13-22(23(33-4)14-21(19)29-15)32-10-8-31(3)9-11-32;;/h5-7,12-14,16,25H,8-11H2,1-4H3,(H,29,30);2*1H/t16-;;/m1../s1. The highest BCUT2D eigenvalue weighted by molar-refractivity contribution is 5.96. The highest BCUT2D eigenvalue weighted by Gasteiger charge is 2.22. The van der Waals surface area contributed by atoms with Gasteiger partial charge >= 0.3 is 0 Å². The van der Waals surface area contributed by atoms with E-state index in [1.165, 1.54) is 12.1 Å². The number of rotatable bonds is 6. The van der Waals surface area contributed by atoms with Crippen LogP contribution in [-0.2, 0) is 0 Å². The molecule has 2 heterocycles. The molecule has 1 atom stereocenters. The minimum absolute atomic E-state index is 0. The number of aryl methyl sites for hydroxylation is 1. The molecule has 0 amide bonds. The number of fused-ring (bicyclic) bond motifs is 1. The van der Waals surface area contributed by atoms with Crippen molar-refractivity contribution in [1.29, 1.82) is 0 Å². The predicted molar refractivity (Wildman–Crippen MR) is 141 cm³/mol. The number of likely N-dealkylation sites (N-methyl/N-ethyl adjacent to an activating group) is 1. The summed E-state index contributed by atoms with van der Waals surface area (Å²) in [5.74, 6) is -0.123. The van der Waals surface area contributed by atoms with Crippen molar-refractivity contribution in [1.82, 2.24) is 9.88 Å². The van der Waals surface area contributed by atoms with Crippen LogP contribution >= 0.6 is 24.8 Å². The summed E-state index contributed by atoms with van der Waals surface area (Å²) >= 11 is 0. The zero-order valence-electron chi connectivity index (χ0n) is 20.1. The Hall–Kier alpha value is -2.42. The Morgan fingerprint density at radius 1 is 1.03 bits per heavy atom. The van der Waals surface area contributed by atoms with Gasteiger partial charge in [0.15, 0.2) is 0 Å². The molecule has 0 bridgehead atoms. The Morgan fingerprint density at radius 3 is 2.31 bits per heavy atom. The molecule has 1 N–H and O–H groups in total. The fraction of sp³-hybridized carbons (Fsp3) is 0.400. The number of piperazine rings is 1. The van der Waals surface area contributed by atoms with E-state index in [4.69, 9.17) is 4.74 Å². The maximum atomic E-state index is 14.7. The molecular weight excluding hydrogens is 500 g/mol. The van der Waals surface area contributed by atoms with Gasteiger partial charge in [-0.3, -0.25) is 4.98 Å². The summed E-state index contributed by atoms with van der Waals surface area (Å²) in [6.07, 6.45) is -2.86. The van der Waals surface area contributed by atoms with Gasteiger partial charge in [0.1, 0.15) is 11.6 Å². The van der Waals surface area contributed by atoms with Gasteiger partial charge in [-0.2, -0.15) is 0 Å². The molecule has 4 rings (SSSR count). The molecule has 0 saturated carbocycles. The normalized spacial score (nSPS) is 14.9. The number of nitrogens with zero attached hydrogens (tertiary/aromatic N) is 3. The molecule has 2 aromatic carbocycles. The van der Waals surface area contributed by atoms with Gasteiger partial charge < -0.3 is 19.9 Å². The molecule has 0 spiro atoms. The van der Waals surface area contributed by atoms with Crippen molar-refractivity contribution in [2.24, 2.45) is 0 Å². The van der Waals surface area contributed by atoms with Crippen LogP contribution in [-0.4, -0.2) is 50.2 Å². The van der Waals surface area contributed by atoms with Gasteiger partial charge in [-0.05, 0) is 33.0 Å². The number of pyridine rings is 1. The number of hydrogen-bond donors (Lipinski definition) is 1. The Bertz CT molecular complexity index is 1160. The quantitative estimate of drug-likeness (QED) is 0.399. The number of alkyl halides is 2. The molecule has 1 saturated heterocycles. The first-order chi connectivity index (χ1) is 15.8. The number of methoxy groups -OCH3 is 1. The van der Waals surface area contributed by atoms with E-state index in [2.05, 4.69) is 27.1 Å². The van der Waals surface area contributed by atoms with Crippen LogP contribution in [0.2, 0.25) is 0 Å². The Morgan fingerprint density at radius 2 is 1.69 bits per heavy atom. The van der Waals surface area contributed by atoms with Crippen molar-refractivity contribution in [3.05, 3.63) is 59.0 Å². The number of hydrogen-bond acceptors (Lipinski definition) is 5. The van der Waals surface area contributed by atoms with E-state index in [1.54, 1.807) is 14.0 Å². The molecule has 1 aliphatic rings. The average Bonchev–Trinajstić information content (AvgIpc) is 2.78. The van der Waals surface area contributed by atoms with E-state index in [0.717, 1.165) is 66.0 Å². The van der Waals surface area contributed by atoms with Crippen LogP contribution in [0, 0.1) is 12.7 Å². The Kier molecular flexibility index (Phi) is 9.89. The lowest BCUT2D eigenvalue weighted by Crippen LogP contribution is -2.44. The first-order valence-electron chi connectivity index (χ1n) is 11.0. The summed E-state index contributed by atoms with van der Waals surface area (Å²) in [7, 11) is 3.75. The van der Waals surface area contributed by atoms with Gasteiger partial charge in [-0.15, -0.1) is 24.8 Å². The first kappa shape index (κ1) is 28.8. The molecule has 10 heteroatoms. The van der Waals surface area contributed by atoms with Crippen LogP contribution in [0.15, 0.2) is 36.4 Å². The number of halogens is 5. The van der Waals surface area contributed by atoms with Crippen LogP contribution in [0.1, 0.15) is 36.2 Å². The number of anilines is 2. The molecular formula is C25H31Cl2F3N4O. The van der Waals surface area contributed by atoms with E-state index in [0.29, 0.717) is 0 Å². The van der Waals surface area contributed by atoms with E-state index >= 15 is 0 Å². The van der Waals surface area contributed by atoms with Crippen LogP contribution in [0.5, 0.6) is 5.75 Å². The minimum Gasteiger partial charge on any atom is -0.495 e. The highest BCUT2D eigenvalue weighted by Crippen LogP contribution is 2.38. The van der Waals surface area contributed by atoms with Gasteiger partial charge in [0, 0.05) is 54.6 Å². The molecule has 3 aromatic rings. The number of aromatic nitrogens is 1. The van der Waals surface area contributed by atoms with Gasteiger partial charge in [0.25, 0.3) is 6.43 Å². The van der Waals surface area contributed by atoms with Crippen molar-refractivity contribution in [3.63, 3.8) is 0 Å². The number of benzene rings is 2. The van der Waals surface area contributed by atoms with Crippen molar-refractivity contribution in [2.45, 2.75) is 26.3 Å².